The monoisotopic (exact) mass is 383 g/mol. The summed E-state index contributed by atoms with van der Waals surface area (Å²) in [6, 6.07) is 16.9. The molecule has 1 unspecified atom stereocenters. The Hall–Kier alpha value is -3.06. The van der Waals surface area contributed by atoms with Gasteiger partial charge in [-0.25, -0.2) is 8.42 Å². The Bertz CT molecular complexity index is 1160. The third kappa shape index (κ3) is 2.62. The highest BCUT2D eigenvalue weighted by Gasteiger charge is 2.40. The van der Waals surface area contributed by atoms with Crippen LogP contribution in [0.15, 0.2) is 65.6 Å². The zero-order chi connectivity index (χ0) is 19.2. The standard InChI is InChI=1S/C20H17NO5S/c1-26-18-10-11-19(15-8-3-2-7-14(15)18)27(24,25)21-12-16(20(22)23)13-6-4-5-9-17(13)21/h2-11,16H,12H2,1H3,(H,22,23). The maximum absolute atomic E-state index is 13.5. The zero-order valence-electron chi connectivity index (χ0n) is 14.5. The quantitative estimate of drug-likeness (QED) is 0.748. The van der Waals surface area contributed by atoms with Crippen LogP contribution in [0.1, 0.15) is 11.5 Å². The molecular weight excluding hydrogens is 366 g/mol. The summed E-state index contributed by atoms with van der Waals surface area (Å²) in [7, 11) is -2.42. The van der Waals surface area contributed by atoms with Gasteiger partial charge in [-0.3, -0.25) is 9.10 Å². The van der Waals surface area contributed by atoms with Gasteiger partial charge < -0.3 is 9.84 Å². The Balaban J connectivity index is 1.91. The van der Waals surface area contributed by atoms with Crippen LogP contribution >= 0.6 is 0 Å². The van der Waals surface area contributed by atoms with Crippen LogP contribution in [0.5, 0.6) is 5.75 Å². The molecule has 0 saturated heterocycles. The van der Waals surface area contributed by atoms with Gasteiger partial charge >= 0.3 is 5.97 Å². The van der Waals surface area contributed by atoms with E-state index in [0.717, 1.165) is 0 Å². The van der Waals surface area contributed by atoms with Gasteiger partial charge in [0.1, 0.15) is 11.7 Å². The molecule has 0 amide bonds. The van der Waals surface area contributed by atoms with Crippen molar-refractivity contribution in [1.29, 1.82) is 0 Å². The summed E-state index contributed by atoms with van der Waals surface area (Å²) in [4.78, 5) is 11.8. The number of benzene rings is 3. The molecular formula is C20H17NO5S. The molecule has 0 aromatic heterocycles. The first-order valence-corrected chi connectivity index (χ1v) is 9.79. The van der Waals surface area contributed by atoms with E-state index in [1.54, 1.807) is 48.5 Å². The lowest BCUT2D eigenvalue weighted by molar-refractivity contribution is -0.138. The largest absolute Gasteiger partial charge is 0.496 e. The fourth-order valence-corrected chi connectivity index (χ4v) is 5.28. The van der Waals surface area contributed by atoms with Gasteiger partial charge in [-0.15, -0.1) is 0 Å². The molecule has 1 heterocycles. The smallest absolute Gasteiger partial charge is 0.312 e. The molecule has 3 aromatic rings. The van der Waals surface area contributed by atoms with Gasteiger partial charge in [0.05, 0.1) is 24.2 Å². The highest BCUT2D eigenvalue weighted by molar-refractivity contribution is 7.93. The van der Waals surface area contributed by atoms with Crippen LogP contribution < -0.4 is 9.04 Å². The minimum Gasteiger partial charge on any atom is -0.496 e. The molecule has 6 nitrogen and oxygen atoms in total. The van der Waals surface area contributed by atoms with Gasteiger partial charge in [0.2, 0.25) is 0 Å². The fourth-order valence-electron chi connectivity index (χ4n) is 3.58. The molecule has 1 N–H and O–H groups in total. The van der Waals surface area contributed by atoms with Gasteiger partial charge in [0.25, 0.3) is 10.0 Å². The number of hydrogen-bond acceptors (Lipinski definition) is 4. The molecule has 3 aromatic carbocycles. The van der Waals surface area contributed by atoms with E-state index in [2.05, 4.69) is 0 Å². The second-order valence-electron chi connectivity index (χ2n) is 6.30. The van der Waals surface area contributed by atoms with E-state index in [-0.39, 0.29) is 11.4 Å². The lowest BCUT2D eigenvalue weighted by Gasteiger charge is -2.21. The lowest BCUT2D eigenvalue weighted by Crippen LogP contribution is -2.31. The summed E-state index contributed by atoms with van der Waals surface area (Å²) >= 11 is 0. The molecule has 1 aliphatic heterocycles. The van der Waals surface area contributed by atoms with Gasteiger partial charge in [-0.2, -0.15) is 0 Å². The van der Waals surface area contributed by atoms with Crippen LogP contribution in [0, 0.1) is 0 Å². The summed E-state index contributed by atoms with van der Waals surface area (Å²) < 4.78 is 33.5. The number of hydrogen-bond donors (Lipinski definition) is 1. The number of aliphatic carboxylic acids is 1. The van der Waals surface area contributed by atoms with Crippen LogP contribution in [-0.2, 0) is 14.8 Å². The molecule has 7 heteroatoms. The Morgan fingerprint density at radius 2 is 1.70 bits per heavy atom. The summed E-state index contributed by atoms with van der Waals surface area (Å²) in [5.74, 6) is -1.35. The number of methoxy groups -OCH3 is 1. The number of nitrogens with zero attached hydrogens (tertiary/aromatic N) is 1. The molecule has 138 valence electrons. The van der Waals surface area contributed by atoms with Crippen molar-refractivity contribution >= 4 is 32.5 Å². The summed E-state index contributed by atoms with van der Waals surface area (Å²) in [6.07, 6.45) is 0. The molecule has 4 rings (SSSR count). The molecule has 0 fully saturated rings. The highest BCUT2D eigenvalue weighted by atomic mass is 32.2. The summed E-state index contributed by atoms with van der Waals surface area (Å²) in [5.41, 5.74) is 0.913. The molecule has 1 atom stereocenters. The highest BCUT2D eigenvalue weighted by Crippen LogP contribution is 2.41. The van der Waals surface area contributed by atoms with Crippen molar-refractivity contribution in [2.45, 2.75) is 10.8 Å². The number of carboxylic acid groups (broad SMARTS) is 1. The SMILES string of the molecule is COc1ccc(S(=O)(=O)N2CC(C(=O)O)c3ccccc32)c2ccccc12. The molecule has 0 saturated carbocycles. The Morgan fingerprint density at radius 3 is 2.41 bits per heavy atom. The van der Waals surface area contributed by atoms with Crippen LogP contribution in [0.2, 0.25) is 0 Å². The van der Waals surface area contributed by atoms with Crippen LogP contribution in [-0.4, -0.2) is 33.1 Å². The number of ether oxygens (including phenoxy) is 1. The van der Waals surface area contributed by atoms with E-state index < -0.39 is 21.9 Å². The number of anilines is 1. The van der Waals surface area contributed by atoms with E-state index in [9.17, 15) is 18.3 Å². The molecule has 27 heavy (non-hydrogen) atoms. The maximum atomic E-state index is 13.5. The lowest BCUT2D eigenvalue weighted by atomic mass is 10.0. The average Bonchev–Trinajstić information content (AvgIpc) is 3.08. The first-order chi connectivity index (χ1) is 12.9. The second kappa shape index (κ2) is 6.28. The predicted molar refractivity (Wildman–Crippen MR) is 102 cm³/mol. The summed E-state index contributed by atoms with van der Waals surface area (Å²) in [5, 5.41) is 10.7. The molecule has 0 bridgehead atoms. The topological polar surface area (TPSA) is 83.9 Å². The van der Waals surface area contributed by atoms with Crippen molar-refractivity contribution in [3.05, 3.63) is 66.2 Å². The molecule has 0 spiro atoms. The summed E-state index contributed by atoms with van der Waals surface area (Å²) in [6.45, 7) is -0.128. The van der Waals surface area contributed by atoms with Crippen LogP contribution in [0.25, 0.3) is 10.8 Å². The number of carbonyl (C=O) groups is 1. The zero-order valence-corrected chi connectivity index (χ0v) is 15.3. The van der Waals surface area contributed by atoms with Gasteiger partial charge in [0.15, 0.2) is 0 Å². The number of fused-ring (bicyclic) bond motifs is 2. The van der Waals surface area contributed by atoms with Crippen molar-refractivity contribution in [3.63, 3.8) is 0 Å². The number of sulfonamides is 1. The number of rotatable bonds is 4. The van der Waals surface area contributed by atoms with E-state index in [4.69, 9.17) is 4.74 Å². The minimum absolute atomic E-state index is 0.125. The van der Waals surface area contributed by atoms with E-state index in [0.29, 0.717) is 27.8 Å². The Labute approximate surface area is 156 Å². The molecule has 0 radical (unpaired) electrons. The third-order valence-electron chi connectivity index (χ3n) is 4.86. The van der Waals surface area contributed by atoms with E-state index >= 15 is 0 Å². The molecule has 0 aliphatic carbocycles. The predicted octanol–water partition coefficient (Wildman–Crippen LogP) is 3.23. The van der Waals surface area contributed by atoms with Crippen LogP contribution in [0.3, 0.4) is 0 Å². The first kappa shape index (κ1) is 17.4. The third-order valence-corrected chi connectivity index (χ3v) is 6.70. The van der Waals surface area contributed by atoms with Crippen molar-refractivity contribution < 1.29 is 23.1 Å². The fraction of sp³-hybridized carbons (Fsp3) is 0.150. The Kier molecular flexibility index (Phi) is 4.04. The van der Waals surface area contributed by atoms with Crippen molar-refractivity contribution in [2.75, 3.05) is 18.0 Å². The molecule has 1 aliphatic rings. The normalized spacial score (nSPS) is 16.3. The number of para-hydroxylation sites is 1. The maximum Gasteiger partial charge on any atom is 0.312 e. The van der Waals surface area contributed by atoms with Crippen molar-refractivity contribution in [1.82, 2.24) is 0 Å². The average molecular weight is 383 g/mol. The van der Waals surface area contributed by atoms with Gasteiger partial charge in [0, 0.05) is 10.8 Å². The van der Waals surface area contributed by atoms with E-state index in [1.807, 2.05) is 6.07 Å². The first-order valence-electron chi connectivity index (χ1n) is 8.35. The minimum atomic E-state index is -3.96. The van der Waals surface area contributed by atoms with Crippen molar-refractivity contribution in [2.24, 2.45) is 0 Å². The van der Waals surface area contributed by atoms with Crippen LogP contribution in [0.4, 0.5) is 5.69 Å². The Morgan fingerprint density at radius 1 is 1.04 bits per heavy atom. The second-order valence-corrected chi connectivity index (χ2v) is 8.13. The van der Waals surface area contributed by atoms with Gasteiger partial charge in [-0.1, -0.05) is 42.5 Å². The van der Waals surface area contributed by atoms with Crippen molar-refractivity contribution in [3.8, 4) is 5.75 Å². The van der Waals surface area contributed by atoms with E-state index in [1.165, 1.54) is 17.5 Å². The van der Waals surface area contributed by atoms with Gasteiger partial charge in [-0.05, 0) is 23.8 Å². The number of carboxylic acids is 1.